The number of carbonyl (C=O) groups is 1. The van der Waals surface area contributed by atoms with Crippen molar-refractivity contribution in [2.45, 2.75) is 84.7 Å². The monoisotopic (exact) mass is 830 g/mol. The normalized spacial score (nSPS) is 20.4. The van der Waals surface area contributed by atoms with E-state index in [1.165, 1.54) is 0 Å². The van der Waals surface area contributed by atoms with Crippen molar-refractivity contribution in [3.63, 3.8) is 0 Å². The number of alkyl halides is 29. The van der Waals surface area contributed by atoms with Crippen LogP contribution < -0.4 is 0 Å². The Morgan fingerprint density at radius 3 is 0.700 bits per heavy atom. The Balaban J connectivity index is 7.69. The van der Waals surface area contributed by atoms with Gasteiger partial charge in [-0.1, -0.05) is 0 Å². The summed E-state index contributed by atoms with van der Waals surface area (Å²) < 4.78 is 397. The molecule has 35 heteroatoms. The van der Waals surface area contributed by atoms with Gasteiger partial charge in [0.1, 0.15) is 0 Å². The summed E-state index contributed by atoms with van der Waals surface area (Å²) in [5.74, 6) is -43.6. The number of hydrogen-bond donors (Lipinski definition) is 0. The maximum absolute atomic E-state index is 14.3. The molecule has 5 nitrogen and oxygen atoms in total. The average molecular weight is 830 g/mol. The molecule has 0 saturated carbocycles. The van der Waals surface area contributed by atoms with Gasteiger partial charge in [0, 0.05) is 0 Å². The molecule has 0 radical (unpaired) electrons. The van der Waals surface area contributed by atoms with E-state index in [2.05, 4.69) is 0 Å². The smallest absolute Gasteiger partial charge is 0.263 e. The minimum absolute atomic E-state index is 0.788. The van der Waals surface area contributed by atoms with Crippen molar-refractivity contribution in [2.24, 2.45) is 0 Å². The molecule has 50 heavy (non-hydrogen) atoms. The van der Waals surface area contributed by atoms with Gasteiger partial charge >= 0.3 is 90.7 Å². The second-order valence-corrected chi connectivity index (χ2v) is 8.19. The van der Waals surface area contributed by atoms with Gasteiger partial charge in [-0.3, -0.25) is 23.7 Å². The van der Waals surface area contributed by atoms with Crippen LogP contribution in [0.25, 0.3) is 0 Å². The lowest BCUT2D eigenvalue weighted by Crippen LogP contribution is -2.72. The third kappa shape index (κ3) is 7.62. The van der Waals surface area contributed by atoms with Gasteiger partial charge < -0.3 is 0 Å². The highest BCUT2D eigenvalue weighted by Crippen LogP contribution is 2.61. The first-order chi connectivity index (χ1) is 21.0. The first-order valence-electron chi connectivity index (χ1n) is 10.0. The van der Waals surface area contributed by atoms with Gasteiger partial charge in [-0.15, -0.1) is 0 Å². The maximum atomic E-state index is 14.3. The lowest BCUT2D eigenvalue weighted by Gasteiger charge is -2.43. The van der Waals surface area contributed by atoms with Crippen molar-refractivity contribution in [1.29, 1.82) is 0 Å². The SMILES string of the molecule is O=C(F)[C@](F)(OC(F)(F)[C@](F)(OC(F)(F)[C@](F)(OC(F)(F)[C@](F)(OC(F)(F)C(F)(F)C(F)(F)F)C(F)(F)F)C(F)(F)F)C(F)(F)F)C(F)(F)F. The predicted molar refractivity (Wildman–Crippen MR) is 80.8 cm³/mol. The number of rotatable bonds is 13. The van der Waals surface area contributed by atoms with E-state index in [4.69, 9.17) is 0 Å². The largest absolute Gasteiger partial charge is 0.462 e. The summed E-state index contributed by atoms with van der Waals surface area (Å²) >= 11 is 0. The minimum Gasteiger partial charge on any atom is -0.263 e. The van der Waals surface area contributed by atoms with Crippen LogP contribution in [0.5, 0.6) is 0 Å². The molecular weight excluding hydrogens is 830 g/mol. The van der Waals surface area contributed by atoms with Crippen molar-refractivity contribution in [3.8, 4) is 0 Å². The quantitative estimate of drug-likeness (QED) is 0.137. The minimum atomic E-state index is -9.29. The molecule has 0 saturated heterocycles. The highest BCUT2D eigenvalue weighted by Gasteiger charge is 2.90. The van der Waals surface area contributed by atoms with Crippen LogP contribution in [0.4, 0.5) is 132 Å². The summed E-state index contributed by atoms with van der Waals surface area (Å²) in [5, 5.41) is 0. The number of halogens is 30. The number of ether oxygens (including phenoxy) is 4. The lowest BCUT2D eigenvalue weighted by atomic mass is 10.2. The van der Waals surface area contributed by atoms with Crippen LogP contribution in [-0.2, 0) is 23.7 Å². The first-order valence-corrected chi connectivity index (χ1v) is 10.0. The molecule has 0 aromatic carbocycles. The molecule has 0 aliphatic heterocycles. The molecule has 0 amide bonds. The van der Waals surface area contributed by atoms with Crippen molar-refractivity contribution >= 4 is 6.04 Å². The first kappa shape index (κ1) is 47.4. The van der Waals surface area contributed by atoms with Gasteiger partial charge in [0.25, 0.3) is 0 Å². The van der Waals surface area contributed by atoms with Crippen molar-refractivity contribution < 1.29 is 155 Å². The van der Waals surface area contributed by atoms with E-state index < -0.39 is 90.7 Å². The van der Waals surface area contributed by atoms with Gasteiger partial charge in [-0.25, -0.2) is 0 Å². The van der Waals surface area contributed by atoms with Crippen molar-refractivity contribution in [2.75, 3.05) is 0 Å². The molecule has 0 bridgehead atoms. The molecule has 300 valence electrons. The van der Waals surface area contributed by atoms with Gasteiger partial charge in [-0.2, -0.15) is 132 Å². The zero-order chi connectivity index (χ0) is 41.4. The Kier molecular flexibility index (Phi) is 11.6. The fraction of sp³-hybridized carbons (Fsp3) is 0.933. The summed E-state index contributed by atoms with van der Waals surface area (Å²) in [7, 11) is 0. The highest BCUT2D eigenvalue weighted by molar-refractivity contribution is 5.77. The fourth-order valence-electron chi connectivity index (χ4n) is 2.19. The molecule has 0 aliphatic carbocycles. The molecule has 0 unspecified atom stereocenters. The van der Waals surface area contributed by atoms with Gasteiger partial charge in [0.2, 0.25) is 0 Å². The summed E-state index contributed by atoms with van der Waals surface area (Å²) in [4.78, 5) is 10.1. The topological polar surface area (TPSA) is 54.0 Å². The Morgan fingerprint density at radius 2 is 0.520 bits per heavy atom. The van der Waals surface area contributed by atoms with Crippen LogP contribution in [0.3, 0.4) is 0 Å². The van der Waals surface area contributed by atoms with E-state index in [9.17, 15) is 137 Å². The standard InChI is InChI=1S/C15F30O5/c16-1(46)2(17,7(23,24)25)47-13(40,41)4(20,9(29,30)31)49-15(44,45)6(22,11(35,36)37)50-14(42,43)5(21,10(32,33)34)48-12(38,39)3(18,19)8(26,27)28/t2-,4+,5+,6+/m0/s1. The average Bonchev–Trinajstić information content (AvgIpc) is 2.78. The molecule has 4 atom stereocenters. The summed E-state index contributed by atoms with van der Waals surface area (Å²) in [5.41, 5.74) is 0. The van der Waals surface area contributed by atoms with Crippen LogP contribution in [0.2, 0.25) is 0 Å². The molecule has 0 fully saturated rings. The predicted octanol–water partition coefficient (Wildman–Crippen LogP) is 9.03. The maximum Gasteiger partial charge on any atom is 0.462 e. The highest BCUT2D eigenvalue weighted by atomic mass is 19.4. The van der Waals surface area contributed by atoms with E-state index in [-0.39, 0.29) is 0 Å². The zero-order valence-corrected chi connectivity index (χ0v) is 20.9. The van der Waals surface area contributed by atoms with E-state index in [0.29, 0.717) is 0 Å². The molecule has 0 N–H and O–H groups in total. The second-order valence-electron chi connectivity index (χ2n) is 8.19. The van der Waals surface area contributed by atoms with Crippen LogP contribution in [0, 0.1) is 0 Å². The van der Waals surface area contributed by atoms with Gasteiger partial charge in [-0.05, 0) is 0 Å². The lowest BCUT2D eigenvalue weighted by molar-refractivity contribution is -0.592. The summed E-state index contributed by atoms with van der Waals surface area (Å²) in [6, 6.07) is -5.18. The number of carbonyl (C=O) groups excluding carboxylic acids is 1. The Labute approximate surface area is 247 Å². The van der Waals surface area contributed by atoms with Crippen molar-refractivity contribution in [1.82, 2.24) is 0 Å². The molecular formula is C15F30O5. The van der Waals surface area contributed by atoms with E-state index in [0.717, 1.165) is 18.9 Å². The fourth-order valence-corrected chi connectivity index (χ4v) is 2.19. The van der Waals surface area contributed by atoms with Crippen molar-refractivity contribution in [3.05, 3.63) is 0 Å². The number of hydrogen-bond acceptors (Lipinski definition) is 5. The third-order valence-corrected chi connectivity index (χ3v) is 4.63. The van der Waals surface area contributed by atoms with Crippen LogP contribution >= 0.6 is 0 Å². The molecule has 0 aliphatic rings. The van der Waals surface area contributed by atoms with Crippen LogP contribution in [0.1, 0.15) is 0 Å². The molecule has 0 aromatic rings. The second kappa shape index (κ2) is 12.2. The van der Waals surface area contributed by atoms with Gasteiger partial charge in [0.05, 0.1) is 0 Å². The Morgan fingerprint density at radius 1 is 0.300 bits per heavy atom. The Bertz CT molecular complexity index is 1230. The Hall–Kier alpha value is -2.59. The molecule has 0 rings (SSSR count). The van der Waals surface area contributed by atoms with E-state index in [1.54, 1.807) is 0 Å². The zero-order valence-electron chi connectivity index (χ0n) is 20.9. The van der Waals surface area contributed by atoms with Crippen LogP contribution in [-0.4, -0.2) is 90.7 Å². The van der Waals surface area contributed by atoms with Crippen LogP contribution in [0.15, 0.2) is 0 Å². The van der Waals surface area contributed by atoms with Gasteiger partial charge in [0.15, 0.2) is 0 Å². The summed E-state index contributed by atoms with van der Waals surface area (Å²) in [6.07, 6.45) is -78.1. The molecule has 0 aromatic heterocycles. The molecule has 0 heterocycles. The third-order valence-electron chi connectivity index (χ3n) is 4.63. The van der Waals surface area contributed by atoms with E-state index in [1.807, 2.05) is 0 Å². The van der Waals surface area contributed by atoms with E-state index >= 15 is 0 Å². The molecule has 0 spiro atoms. The summed E-state index contributed by atoms with van der Waals surface area (Å²) in [6.45, 7) is 0.